The number of anilines is 1. The number of aromatic nitrogens is 1. The summed E-state index contributed by atoms with van der Waals surface area (Å²) in [6.45, 7) is 2.71. The van der Waals surface area contributed by atoms with Crippen LogP contribution < -0.4 is 5.32 Å². The minimum Gasteiger partial charge on any atom is -0.478 e. The second-order valence-corrected chi connectivity index (χ2v) is 5.57. The number of hydrogen-bond acceptors (Lipinski definition) is 2. The molecule has 0 unspecified atom stereocenters. The molecule has 0 bridgehead atoms. The lowest BCUT2D eigenvalue weighted by molar-refractivity contribution is 0.0698. The van der Waals surface area contributed by atoms with E-state index < -0.39 is 5.97 Å². The molecule has 4 nitrogen and oxygen atoms in total. The third-order valence-corrected chi connectivity index (χ3v) is 4.11. The Bertz CT molecular complexity index is 836. The standard InChI is InChI=1S/C19H20N2O2/c1-2-13-7-8-18(16(11-13)19(22)23)20-10-9-14-12-21-17-6-4-3-5-15(14)17/h3-8,11-12,20-21H,2,9-10H2,1H3,(H,22,23). The van der Waals surface area contributed by atoms with Gasteiger partial charge in [0.1, 0.15) is 0 Å². The summed E-state index contributed by atoms with van der Waals surface area (Å²) >= 11 is 0. The van der Waals surface area contributed by atoms with Gasteiger partial charge < -0.3 is 15.4 Å². The summed E-state index contributed by atoms with van der Waals surface area (Å²) in [4.78, 5) is 14.7. The monoisotopic (exact) mass is 308 g/mol. The van der Waals surface area contributed by atoms with Crippen molar-refractivity contribution in [3.8, 4) is 0 Å². The molecule has 1 heterocycles. The van der Waals surface area contributed by atoms with Crippen molar-refractivity contribution in [3.05, 3.63) is 65.4 Å². The number of para-hydroxylation sites is 1. The van der Waals surface area contributed by atoms with Crippen molar-refractivity contribution < 1.29 is 9.90 Å². The molecule has 0 fully saturated rings. The predicted octanol–water partition coefficient (Wildman–Crippen LogP) is 4.08. The summed E-state index contributed by atoms with van der Waals surface area (Å²) in [5, 5.41) is 13.8. The van der Waals surface area contributed by atoms with Gasteiger partial charge in [-0.1, -0.05) is 31.2 Å². The molecule has 0 radical (unpaired) electrons. The number of H-pyrrole nitrogens is 1. The minimum atomic E-state index is -0.894. The summed E-state index contributed by atoms with van der Waals surface area (Å²) < 4.78 is 0. The molecule has 0 aliphatic carbocycles. The van der Waals surface area contributed by atoms with Crippen LogP contribution in [-0.4, -0.2) is 22.6 Å². The van der Waals surface area contributed by atoms with E-state index in [0.717, 1.165) is 23.9 Å². The first kappa shape index (κ1) is 15.2. The highest BCUT2D eigenvalue weighted by Crippen LogP contribution is 2.20. The van der Waals surface area contributed by atoms with Crippen LogP contribution in [0.4, 0.5) is 5.69 Å². The van der Waals surface area contributed by atoms with Gasteiger partial charge in [-0.25, -0.2) is 4.79 Å². The highest BCUT2D eigenvalue weighted by Gasteiger charge is 2.11. The molecule has 3 aromatic rings. The highest BCUT2D eigenvalue weighted by molar-refractivity contribution is 5.94. The molecule has 0 amide bonds. The van der Waals surface area contributed by atoms with Crippen LogP contribution in [0.5, 0.6) is 0 Å². The molecule has 118 valence electrons. The number of carboxylic acid groups (broad SMARTS) is 1. The van der Waals surface area contributed by atoms with Crippen LogP contribution in [0.3, 0.4) is 0 Å². The van der Waals surface area contributed by atoms with Crippen molar-refractivity contribution >= 4 is 22.6 Å². The number of benzene rings is 2. The molecule has 1 aromatic heterocycles. The fourth-order valence-corrected chi connectivity index (χ4v) is 2.81. The molecular formula is C19H20N2O2. The second kappa shape index (κ2) is 6.57. The Labute approximate surface area is 135 Å². The largest absolute Gasteiger partial charge is 0.478 e. The molecular weight excluding hydrogens is 288 g/mol. The summed E-state index contributed by atoms with van der Waals surface area (Å²) in [5.41, 5.74) is 4.40. The van der Waals surface area contributed by atoms with Crippen molar-refractivity contribution in [2.45, 2.75) is 19.8 Å². The maximum Gasteiger partial charge on any atom is 0.337 e. The second-order valence-electron chi connectivity index (χ2n) is 5.57. The molecule has 0 atom stereocenters. The first-order valence-corrected chi connectivity index (χ1v) is 7.84. The number of aryl methyl sites for hydroxylation is 1. The number of carbonyl (C=O) groups is 1. The molecule has 2 aromatic carbocycles. The Hall–Kier alpha value is -2.75. The number of fused-ring (bicyclic) bond motifs is 1. The fourth-order valence-electron chi connectivity index (χ4n) is 2.81. The molecule has 0 saturated heterocycles. The molecule has 4 heteroatoms. The van der Waals surface area contributed by atoms with Gasteiger partial charge in [0.05, 0.1) is 5.56 Å². The minimum absolute atomic E-state index is 0.336. The Morgan fingerprint density at radius 2 is 2.04 bits per heavy atom. The van der Waals surface area contributed by atoms with Gasteiger partial charge in [-0.15, -0.1) is 0 Å². The van der Waals surface area contributed by atoms with Crippen molar-refractivity contribution in [1.29, 1.82) is 0 Å². The summed E-state index contributed by atoms with van der Waals surface area (Å²) in [7, 11) is 0. The average Bonchev–Trinajstić information content (AvgIpc) is 2.98. The SMILES string of the molecule is CCc1ccc(NCCc2c[nH]c3ccccc23)c(C(=O)O)c1. The van der Waals surface area contributed by atoms with Gasteiger partial charge in [0.25, 0.3) is 0 Å². The van der Waals surface area contributed by atoms with Crippen LogP contribution in [0.25, 0.3) is 10.9 Å². The van der Waals surface area contributed by atoms with Crippen molar-refractivity contribution in [3.63, 3.8) is 0 Å². The normalized spacial score (nSPS) is 10.8. The van der Waals surface area contributed by atoms with Crippen LogP contribution in [-0.2, 0) is 12.8 Å². The maximum absolute atomic E-state index is 11.4. The van der Waals surface area contributed by atoms with E-state index in [9.17, 15) is 9.90 Å². The molecule has 0 aliphatic heterocycles. The van der Waals surface area contributed by atoms with Crippen molar-refractivity contribution in [2.24, 2.45) is 0 Å². The van der Waals surface area contributed by atoms with Gasteiger partial charge in [0, 0.05) is 29.3 Å². The molecule has 23 heavy (non-hydrogen) atoms. The van der Waals surface area contributed by atoms with Crippen LogP contribution >= 0.6 is 0 Å². The fraction of sp³-hybridized carbons (Fsp3) is 0.211. The van der Waals surface area contributed by atoms with E-state index in [1.807, 2.05) is 37.4 Å². The quantitative estimate of drug-likeness (QED) is 0.643. The summed E-state index contributed by atoms with van der Waals surface area (Å²) in [6, 6.07) is 13.8. The Balaban J connectivity index is 1.72. The number of hydrogen-bond donors (Lipinski definition) is 3. The van der Waals surface area contributed by atoms with E-state index in [2.05, 4.69) is 22.4 Å². The Morgan fingerprint density at radius 1 is 1.22 bits per heavy atom. The average molecular weight is 308 g/mol. The van der Waals surface area contributed by atoms with Crippen molar-refractivity contribution in [2.75, 3.05) is 11.9 Å². The third kappa shape index (κ3) is 3.21. The third-order valence-electron chi connectivity index (χ3n) is 4.11. The van der Waals surface area contributed by atoms with Crippen LogP contribution in [0.15, 0.2) is 48.7 Å². The number of aromatic carboxylic acids is 1. The zero-order chi connectivity index (χ0) is 16.2. The zero-order valence-electron chi connectivity index (χ0n) is 13.1. The number of rotatable bonds is 6. The lowest BCUT2D eigenvalue weighted by Crippen LogP contribution is -2.10. The smallest absolute Gasteiger partial charge is 0.337 e. The van der Waals surface area contributed by atoms with Crippen molar-refractivity contribution in [1.82, 2.24) is 4.98 Å². The van der Waals surface area contributed by atoms with Gasteiger partial charge >= 0.3 is 5.97 Å². The van der Waals surface area contributed by atoms with E-state index in [1.54, 1.807) is 6.07 Å². The lowest BCUT2D eigenvalue weighted by Gasteiger charge is -2.11. The molecule has 3 N–H and O–H groups in total. The number of aromatic amines is 1. The maximum atomic E-state index is 11.4. The van der Waals surface area contributed by atoms with E-state index in [0.29, 0.717) is 17.8 Å². The zero-order valence-corrected chi connectivity index (χ0v) is 13.1. The molecule has 0 saturated carbocycles. The van der Waals surface area contributed by atoms with Gasteiger partial charge in [0.15, 0.2) is 0 Å². The lowest BCUT2D eigenvalue weighted by atomic mass is 10.1. The first-order chi connectivity index (χ1) is 11.2. The van der Waals surface area contributed by atoms with E-state index in [-0.39, 0.29) is 0 Å². The summed E-state index contributed by atoms with van der Waals surface area (Å²) in [5.74, 6) is -0.894. The number of carboxylic acids is 1. The van der Waals surface area contributed by atoms with Gasteiger partial charge in [-0.2, -0.15) is 0 Å². The molecule has 0 aliphatic rings. The number of nitrogens with one attached hydrogen (secondary N) is 2. The van der Waals surface area contributed by atoms with Gasteiger partial charge in [0.2, 0.25) is 0 Å². The van der Waals surface area contributed by atoms with Crippen LogP contribution in [0.2, 0.25) is 0 Å². The van der Waals surface area contributed by atoms with E-state index in [1.165, 1.54) is 10.9 Å². The Kier molecular flexibility index (Phi) is 4.33. The molecule has 3 rings (SSSR count). The summed E-state index contributed by atoms with van der Waals surface area (Å²) in [6.07, 6.45) is 3.68. The highest BCUT2D eigenvalue weighted by atomic mass is 16.4. The van der Waals surface area contributed by atoms with Gasteiger partial charge in [-0.05, 0) is 42.2 Å². The van der Waals surface area contributed by atoms with Gasteiger partial charge in [-0.3, -0.25) is 0 Å². The predicted molar refractivity (Wildman–Crippen MR) is 93.3 cm³/mol. The van der Waals surface area contributed by atoms with Crippen LogP contribution in [0.1, 0.15) is 28.4 Å². The Morgan fingerprint density at radius 3 is 2.83 bits per heavy atom. The van der Waals surface area contributed by atoms with Crippen LogP contribution in [0, 0.1) is 0 Å². The van der Waals surface area contributed by atoms with E-state index >= 15 is 0 Å². The molecule has 0 spiro atoms. The topological polar surface area (TPSA) is 65.1 Å². The van der Waals surface area contributed by atoms with E-state index in [4.69, 9.17) is 0 Å². The first-order valence-electron chi connectivity index (χ1n) is 7.84.